The van der Waals surface area contributed by atoms with Gasteiger partial charge in [-0.2, -0.15) is 0 Å². The van der Waals surface area contributed by atoms with Crippen LogP contribution in [0.2, 0.25) is 24.2 Å². The van der Waals surface area contributed by atoms with E-state index in [1.165, 1.54) is 18.1 Å². The standard InChI is InChI=1S/C16H38O4Si2/c1-7-17-22(18-8-2,19-9-3)16-14-13-15-20-21(10-4,11-5)12-6/h7-16H2,1-6H3. The second kappa shape index (κ2) is 12.7. The van der Waals surface area contributed by atoms with Crippen molar-refractivity contribution in [1.82, 2.24) is 0 Å². The average Bonchev–Trinajstić information content (AvgIpc) is 2.52. The van der Waals surface area contributed by atoms with Crippen molar-refractivity contribution in [2.45, 2.75) is 78.6 Å². The van der Waals surface area contributed by atoms with Gasteiger partial charge in [0.15, 0.2) is 8.32 Å². The molecule has 0 radical (unpaired) electrons. The van der Waals surface area contributed by atoms with Gasteiger partial charge in [-0.15, -0.1) is 0 Å². The largest absolute Gasteiger partial charge is 0.500 e. The highest BCUT2D eigenvalue weighted by Gasteiger charge is 2.39. The normalized spacial score (nSPS) is 12.8. The fraction of sp³-hybridized carbons (Fsp3) is 1.00. The van der Waals surface area contributed by atoms with E-state index < -0.39 is 17.1 Å². The van der Waals surface area contributed by atoms with Crippen molar-refractivity contribution in [3.63, 3.8) is 0 Å². The van der Waals surface area contributed by atoms with Gasteiger partial charge in [0, 0.05) is 32.5 Å². The molecule has 0 amide bonds. The van der Waals surface area contributed by atoms with Crippen LogP contribution in [0.5, 0.6) is 0 Å². The SMILES string of the molecule is CCO[Si](CCCCO[Si](CC)(CC)CC)(OCC)OCC. The zero-order valence-electron chi connectivity index (χ0n) is 15.7. The molecule has 0 unspecified atom stereocenters. The van der Waals surface area contributed by atoms with Crippen LogP contribution in [0.4, 0.5) is 0 Å². The van der Waals surface area contributed by atoms with Gasteiger partial charge in [-0.1, -0.05) is 20.8 Å². The maximum atomic E-state index is 6.30. The maximum absolute atomic E-state index is 6.30. The molecule has 0 rings (SSSR count). The summed E-state index contributed by atoms with van der Waals surface area (Å²) >= 11 is 0. The third-order valence-electron chi connectivity index (χ3n) is 4.31. The number of rotatable bonds is 15. The Hall–Kier alpha value is 0.274. The predicted octanol–water partition coefficient (Wildman–Crippen LogP) is 4.84. The molecule has 134 valence electrons. The molecule has 0 spiro atoms. The molecule has 22 heavy (non-hydrogen) atoms. The highest BCUT2D eigenvalue weighted by molar-refractivity contribution is 6.73. The third-order valence-corrected chi connectivity index (χ3v) is 12.1. The van der Waals surface area contributed by atoms with Crippen molar-refractivity contribution in [3.8, 4) is 0 Å². The first-order valence-corrected chi connectivity index (χ1v) is 13.6. The molecule has 0 heterocycles. The summed E-state index contributed by atoms with van der Waals surface area (Å²) < 4.78 is 24.0. The number of hydrogen-bond donors (Lipinski definition) is 0. The second-order valence-corrected chi connectivity index (χ2v) is 13.0. The van der Waals surface area contributed by atoms with Crippen molar-refractivity contribution < 1.29 is 17.7 Å². The van der Waals surface area contributed by atoms with Crippen LogP contribution in [0.3, 0.4) is 0 Å². The van der Waals surface area contributed by atoms with Gasteiger partial charge in [0.05, 0.1) is 0 Å². The van der Waals surface area contributed by atoms with E-state index in [1.54, 1.807) is 0 Å². The topological polar surface area (TPSA) is 36.9 Å². The number of unbranched alkanes of at least 4 members (excludes halogenated alkanes) is 1. The summed E-state index contributed by atoms with van der Waals surface area (Å²) in [6.07, 6.45) is 2.12. The monoisotopic (exact) mass is 350 g/mol. The Balaban J connectivity index is 4.27. The lowest BCUT2D eigenvalue weighted by Crippen LogP contribution is -2.46. The van der Waals surface area contributed by atoms with E-state index in [9.17, 15) is 0 Å². The van der Waals surface area contributed by atoms with E-state index in [0.29, 0.717) is 19.8 Å². The van der Waals surface area contributed by atoms with Crippen molar-refractivity contribution in [3.05, 3.63) is 0 Å². The zero-order chi connectivity index (χ0) is 16.9. The maximum Gasteiger partial charge on any atom is 0.500 e. The van der Waals surface area contributed by atoms with Crippen molar-refractivity contribution >= 4 is 17.1 Å². The Morgan fingerprint density at radius 3 is 1.41 bits per heavy atom. The van der Waals surface area contributed by atoms with E-state index in [0.717, 1.165) is 25.5 Å². The van der Waals surface area contributed by atoms with Gasteiger partial charge in [0.2, 0.25) is 0 Å². The molecule has 0 fully saturated rings. The quantitative estimate of drug-likeness (QED) is 0.313. The van der Waals surface area contributed by atoms with Crippen LogP contribution in [0.1, 0.15) is 54.4 Å². The molecule has 0 aromatic heterocycles. The molecule has 0 aliphatic carbocycles. The molecule has 4 nitrogen and oxygen atoms in total. The third kappa shape index (κ3) is 7.70. The molecule has 0 saturated heterocycles. The molecule has 0 N–H and O–H groups in total. The van der Waals surface area contributed by atoms with Crippen LogP contribution in [0.25, 0.3) is 0 Å². The Bertz CT molecular complexity index is 235. The van der Waals surface area contributed by atoms with Crippen LogP contribution < -0.4 is 0 Å². The lowest BCUT2D eigenvalue weighted by Gasteiger charge is -2.29. The predicted molar refractivity (Wildman–Crippen MR) is 97.8 cm³/mol. The molecule has 0 saturated carbocycles. The molecular formula is C16H38O4Si2. The van der Waals surface area contributed by atoms with Crippen LogP contribution in [-0.4, -0.2) is 43.5 Å². The summed E-state index contributed by atoms with van der Waals surface area (Å²) in [5.74, 6) is 0. The molecule has 6 heteroatoms. The zero-order valence-corrected chi connectivity index (χ0v) is 17.7. The molecule has 0 aliphatic rings. The average molecular weight is 351 g/mol. The van der Waals surface area contributed by atoms with Gasteiger partial charge in [0.25, 0.3) is 0 Å². The first-order valence-electron chi connectivity index (χ1n) is 9.13. The minimum absolute atomic E-state index is 0.653. The molecule has 0 aromatic rings. The van der Waals surface area contributed by atoms with Gasteiger partial charge in [-0.3, -0.25) is 0 Å². The molecular weight excluding hydrogens is 312 g/mol. The fourth-order valence-electron chi connectivity index (χ4n) is 2.79. The molecule has 0 aliphatic heterocycles. The highest BCUT2D eigenvalue weighted by atomic mass is 28.4. The van der Waals surface area contributed by atoms with Gasteiger partial charge < -0.3 is 17.7 Å². The van der Waals surface area contributed by atoms with Crippen LogP contribution in [-0.2, 0) is 17.7 Å². The number of hydrogen-bond acceptors (Lipinski definition) is 4. The molecule has 0 bridgehead atoms. The Morgan fingerprint density at radius 2 is 1.05 bits per heavy atom. The summed E-state index contributed by atoms with van der Waals surface area (Å²) in [6, 6.07) is 4.55. The van der Waals surface area contributed by atoms with E-state index in [-0.39, 0.29) is 0 Å². The lowest BCUT2D eigenvalue weighted by molar-refractivity contribution is 0.0704. The summed E-state index contributed by atoms with van der Waals surface area (Å²) in [7, 11) is -3.90. The smallest absolute Gasteiger partial charge is 0.417 e. The van der Waals surface area contributed by atoms with E-state index >= 15 is 0 Å². The van der Waals surface area contributed by atoms with Crippen LogP contribution >= 0.6 is 0 Å². The minimum Gasteiger partial charge on any atom is -0.417 e. The summed E-state index contributed by atoms with van der Waals surface area (Å²) in [5.41, 5.74) is 0. The Kier molecular flexibility index (Phi) is 12.8. The summed E-state index contributed by atoms with van der Waals surface area (Å²) in [5, 5.41) is 0. The van der Waals surface area contributed by atoms with Crippen molar-refractivity contribution in [2.24, 2.45) is 0 Å². The van der Waals surface area contributed by atoms with Gasteiger partial charge in [-0.05, 0) is 51.7 Å². The Labute approximate surface area is 140 Å². The molecule has 0 atom stereocenters. The highest BCUT2D eigenvalue weighted by Crippen LogP contribution is 2.23. The van der Waals surface area contributed by atoms with E-state index in [1.807, 2.05) is 20.8 Å². The fourth-order valence-corrected chi connectivity index (χ4v) is 8.16. The molecule has 0 aromatic carbocycles. The summed E-state index contributed by atoms with van der Waals surface area (Å²) in [4.78, 5) is 0. The van der Waals surface area contributed by atoms with Crippen LogP contribution in [0, 0.1) is 0 Å². The lowest BCUT2D eigenvalue weighted by atomic mass is 10.4. The minimum atomic E-state index is -2.46. The second-order valence-electron chi connectivity index (χ2n) is 5.53. The van der Waals surface area contributed by atoms with Crippen molar-refractivity contribution in [2.75, 3.05) is 26.4 Å². The van der Waals surface area contributed by atoms with E-state index in [4.69, 9.17) is 17.7 Å². The van der Waals surface area contributed by atoms with Gasteiger partial charge in [0.1, 0.15) is 0 Å². The van der Waals surface area contributed by atoms with Crippen molar-refractivity contribution in [1.29, 1.82) is 0 Å². The first-order chi connectivity index (χ1) is 10.6. The van der Waals surface area contributed by atoms with Crippen LogP contribution in [0.15, 0.2) is 0 Å². The summed E-state index contributed by atoms with van der Waals surface area (Å²) in [6.45, 7) is 15.7. The first kappa shape index (κ1) is 22.3. The van der Waals surface area contributed by atoms with Gasteiger partial charge in [-0.25, -0.2) is 0 Å². The Morgan fingerprint density at radius 1 is 0.591 bits per heavy atom. The van der Waals surface area contributed by atoms with E-state index in [2.05, 4.69) is 20.8 Å². The van der Waals surface area contributed by atoms with Gasteiger partial charge >= 0.3 is 8.80 Å².